The van der Waals surface area contributed by atoms with E-state index >= 15 is 0 Å². The third-order valence-corrected chi connectivity index (χ3v) is 3.60. The van der Waals surface area contributed by atoms with Crippen molar-refractivity contribution in [3.8, 4) is 6.07 Å². The lowest BCUT2D eigenvalue weighted by Crippen LogP contribution is -2.50. The van der Waals surface area contributed by atoms with Crippen molar-refractivity contribution in [2.75, 3.05) is 0 Å². The molecule has 1 aliphatic rings. The number of imide groups is 1. The van der Waals surface area contributed by atoms with Crippen LogP contribution < -0.4 is 0 Å². The van der Waals surface area contributed by atoms with E-state index in [1.807, 2.05) is 13.8 Å². The Morgan fingerprint density at radius 3 is 1.89 bits per heavy atom. The highest BCUT2D eigenvalue weighted by Crippen LogP contribution is 2.33. The Hall–Kier alpha value is -2.15. The van der Waals surface area contributed by atoms with Gasteiger partial charge in [-0.3, -0.25) is 14.5 Å². The number of hydrogen-bond acceptors (Lipinski definition) is 3. The van der Waals surface area contributed by atoms with Crippen molar-refractivity contribution < 1.29 is 9.59 Å². The van der Waals surface area contributed by atoms with Crippen molar-refractivity contribution in [2.24, 2.45) is 0 Å². The van der Waals surface area contributed by atoms with E-state index in [1.165, 1.54) is 0 Å². The van der Waals surface area contributed by atoms with Crippen molar-refractivity contribution >= 4 is 11.8 Å². The van der Waals surface area contributed by atoms with Gasteiger partial charge in [-0.15, -0.1) is 0 Å². The van der Waals surface area contributed by atoms with Crippen LogP contribution in [0.2, 0.25) is 0 Å². The van der Waals surface area contributed by atoms with Gasteiger partial charge in [-0.25, -0.2) is 0 Å². The number of carbonyl (C=O) groups is 2. The molecule has 0 N–H and O–H groups in total. The number of carbonyl (C=O) groups excluding carboxylic acids is 2. The fraction of sp³-hybridized carbons (Fsp3) is 0.357. The minimum absolute atomic E-state index is 0.360. The van der Waals surface area contributed by atoms with Crippen LogP contribution >= 0.6 is 0 Å². The lowest BCUT2D eigenvalue weighted by Gasteiger charge is -2.32. The monoisotopic (exact) mass is 242 g/mol. The van der Waals surface area contributed by atoms with Gasteiger partial charge in [0.2, 0.25) is 0 Å². The van der Waals surface area contributed by atoms with Crippen molar-refractivity contribution in [3.63, 3.8) is 0 Å². The number of nitriles is 1. The third-order valence-electron chi connectivity index (χ3n) is 3.60. The molecule has 1 heterocycles. The molecule has 0 radical (unpaired) electrons. The van der Waals surface area contributed by atoms with Crippen LogP contribution in [0.4, 0.5) is 0 Å². The standard InChI is InChI=1S/C14H14N2O2/c1-3-14(4-2,9-15)16-12(17)10-7-5-6-8-11(10)13(16)18/h5-8H,3-4H2,1-2H3. The molecule has 0 aromatic heterocycles. The first-order chi connectivity index (χ1) is 8.61. The maximum absolute atomic E-state index is 12.3. The van der Waals surface area contributed by atoms with Crippen molar-refractivity contribution in [3.05, 3.63) is 35.4 Å². The summed E-state index contributed by atoms with van der Waals surface area (Å²) >= 11 is 0. The Morgan fingerprint density at radius 1 is 1.11 bits per heavy atom. The van der Waals surface area contributed by atoms with Crippen LogP contribution in [0.1, 0.15) is 47.4 Å². The predicted octanol–water partition coefficient (Wildman–Crippen LogP) is 2.36. The van der Waals surface area contributed by atoms with E-state index < -0.39 is 5.54 Å². The average Bonchev–Trinajstić information content (AvgIpc) is 2.67. The molecule has 0 aliphatic carbocycles. The smallest absolute Gasteiger partial charge is 0.262 e. The highest BCUT2D eigenvalue weighted by molar-refractivity contribution is 6.22. The second-order valence-electron chi connectivity index (χ2n) is 4.34. The molecule has 2 rings (SSSR count). The van der Waals surface area contributed by atoms with E-state index in [-0.39, 0.29) is 11.8 Å². The summed E-state index contributed by atoms with van der Waals surface area (Å²) in [5.41, 5.74) is -0.249. The quantitative estimate of drug-likeness (QED) is 0.764. The Kier molecular flexibility index (Phi) is 2.92. The van der Waals surface area contributed by atoms with Gasteiger partial charge in [-0.05, 0) is 25.0 Å². The summed E-state index contributed by atoms with van der Waals surface area (Å²) in [4.78, 5) is 25.7. The first-order valence-electron chi connectivity index (χ1n) is 6.00. The van der Waals surface area contributed by atoms with E-state index in [0.717, 1.165) is 4.90 Å². The van der Waals surface area contributed by atoms with Crippen molar-refractivity contribution in [1.29, 1.82) is 5.26 Å². The van der Waals surface area contributed by atoms with Crippen LogP contribution in [-0.4, -0.2) is 22.3 Å². The fourth-order valence-corrected chi connectivity index (χ4v) is 2.35. The molecule has 0 bridgehead atoms. The van der Waals surface area contributed by atoms with Gasteiger partial charge in [0.15, 0.2) is 0 Å². The summed E-state index contributed by atoms with van der Waals surface area (Å²) in [5, 5.41) is 9.36. The first kappa shape index (κ1) is 12.3. The van der Waals surface area contributed by atoms with Crippen LogP contribution in [0.25, 0.3) is 0 Å². The first-order valence-corrected chi connectivity index (χ1v) is 6.00. The molecule has 4 heteroatoms. The van der Waals surface area contributed by atoms with Gasteiger partial charge in [0, 0.05) is 0 Å². The van der Waals surface area contributed by atoms with Crippen molar-refractivity contribution in [1.82, 2.24) is 4.90 Å². The summed E-state index contributed by atoms with van der Waals surface area (Å²) in [6, 6.07) is 8.84. The van der Waals surface area contributed by atoms with Crippen LogP contribution in [0, 0.1) is 11.3 Å². The largest absolute Gasteiger partial charge is 0.269 e. The zero-order valence-corrected chi connectivity index (χ0v) is 10.4. The molecule has 0 atom stereocenters. The van der Waals surface area contributed by atoms with Crippen LogP contribution in [0.5, 0.6) is 0 Å². The molecule has 0 spiro atoms. The van der Waals surface area contributed by atoms with Gasteiger partial charge in [-0.2, -0.15) is 5.26 Å². The molecule has 0 unspecified atom stereocenters. The molecule has 92 valence electrons. The molecule has 2 amide bonds. The molecule has 18 heavy (non-hydrogen) atoms. The van der Waals surface area contributed by atoms with Crippen LogP contribution in [-0.2, 0) is 0 Å². The van der Waals surface area contributed by atoms with Crippen molar-refractivity contribution in [2.45, 2.75) is 32.2 Å². The lowest BCUT2D eigenvalue weighted by molar-refractivity contribution is 0.0494. The maximum atomic E-state index is 12.3. The van der Waals surface area contributed by atoms with Crippen LogP contribution in [0.15, 0.2) is 24.3 Å². The maximum Gasteiger partial charge on any atom is 0.262 e. The molecule has 1 aliphatic heterocycles. The van der Waals surface area contributed by atoms with Gasteiger partial charge in [-0.1, -0.05) is 26.0 Å². The third kappa shape index (κ3) is 1.44. The Morgan fingerprint density at radius 2 is 1.56 bits per heavy atom. The minimum atomic E-state index is -1.03. The number of benzene rings is 1. The van der Waals surface area contributed by atoms with E-state index in [2.05, 4.69) is 6.07 Å². The second-order valence-corrected chi connectivity index (χ2v) is 4.34. The van der Waals surface area contributed by atoms with E-state index in [9.17, 15) is 14.9 Å². The Bertz CT molecular complexity index is 518. The Balaban J connectivity index is 2.55. The number of fused-ring (bicyclic) bond motifs is 1. The van der Waals surface area contributed by atoms with E-state index in [1.54, 1.807) is 24.3 Å². The van der Waals surface area contributed by atoms with E-state index in [4.69, 9.17) is 0 Å². The lowest BCUT2D eigenvalue weighted by atomic mass is 9.92. The molecule has 1 aromatic carbocycles. The van der Waals surface area contributed by atoms with Gasteiger partial charge >= 0.3 is 0 Å². The number of hydrogen-bond donors (Lipinski definition) is 0. The van der Waals surface area contributed by atoms with E-state index in [0.29, 0.717) is 24.0 Å². The molecule has 1 aromatic rings. The Labute approximate surface area is 106 Å². The molecule has 0 saturated heterocycles. The van der Waals surface area contributed by atoms with Crippen LogP contribution in [0.3, 0.4) is 0 Å². The highest BCUT2D eigenvalue weighted by Gasteiger charge is 2.47. The zero-order chi connectivity index (χ0) is 13.3. The predicted molar refractivity (Wildman–Crippen MR) is 65.9 cm³/mol. The summed E-state index contributed by atoms with van der Waals surface area (Å²) < 4.78 is 0. The van der Waals surface area contributed by atoms with Gasteiger partial charge < -0.3 is 0 Å². The molecule has 0 fully saturated rings. The topological polar surface area (TPSA) is 61.2 Å². The fourth-order valence-electron chi connectivity index (χ4n) is 2.35. The molecular formula is C14H14N2O2. The number of rotatable bonds is 3. The summed E-state index contributed by atoms with van der Waals surface area (Å²) in [7, 11) is 0. The summed E-state index contributed by atoms with van der Waals surface area (Å²) in [5.74, 6) is -0.721. The normalized spacial score (nSPS) is 14.6. The summed E-state index contributed by atoms with van der Waals surface area (Å²) in [6.07, 6.45) is 0.872. The molecular weight excluding hydrogens is 228 g/mol. The highest BCUT2D eigenvalue weighted by atomic mass is 16.2. The SMILES string of the molecule is CCC(C#N)(CC)N1C(=O)c2ccccc2C1=O. The van der Waals surface area contributed by atoms with Gasteiger partial charge in [0.25, 0.3) is 11.8 Å². The summed E-state index contributed by atoms with van der Waals surface area (Å²) in [6.45, 7) is 3.63. The average molecular weight is 242 g/mol. The minimum Gasteiger partial charge on any atom is -0.269 e. The van der Waals surface area contributed by atoms with Gasteiger partial charge in [0.1, 0.15) is 5.54 Å². The molecule has 0 saturated carbocycles. The zero-order valence-electron chi connectivity index (χ0n) is 10.4. The number of amides is 2. The second kappa shape index (κ2) is 4.26. The molecule has 4 nitrogen and oxygen atoms in total. The number of nitrogens with zero attached hydrogens (tertiary/aromatic N) is 2. The van der Waals surface area contributed by atoms with Gasteiger partial charge in [0.05, 0.1) is 17.2 Å².